The third-order valence-electron chi connectivity index (χ3n) is 1.83. The van der Waals surface area contributed by atoms with Crippen LogP contribution < -0.4 is 0 Å². The highest BCUT2D eigenvalue weighted by molar-refractivity contribution is 5.75. The van der Waals surface area contributed by atoms with E-state index in [9.17, 15) is 4.79 Å². The second-order valence-electron chi connectivity index (χ2n) is 2.88. The van der Waals surface area contributed by atoms with Crippen LogP contribution in [0.5, 0.6) is 0 Å². The molecule has 0 saturated carbocycles. The minimum Gasteiger partial charge on any atom is -0.446 e. The van der Waals surface area contributed by atoms with Crippen molar-refractivity contribution in [3.63, 3.8) is 0 Å². The highest BCUT2D eigenvalue weighted by Gasteiger charge is 2.14. The summed E-state index contributed by atoms with van der Waals surface area (Å²) in [5.74, 6) is 0. The monoisotopic (exact) mass is 182 g/mol. The molecule has 0 fully saturated rings. The Balaban J connectivity index is 2.39. The lowest BCUT2D eigenvalue weighted by molar-refractivity contribution is 0.0830. The molecule has 1 atom stereocenters. The number of rotatable bonds is 2. The molecule has 4 nitrogen and oxygen atoms in total. The fourth-order valence-electron chi connectivity index (χ4n) is 0.834. The van der Waals surface area contributed by atoms with E-state index >= 15 is 0 Å². The van der Waals surface area contributed by atoms with Gasteiger partial charge < -0.3 is 4.74 Å². The van der Waals surface area contributed by atoms with Gasteiger partial charge in [-0.05, 0) is 13.3 Å². The van der Waals surface area contributed by atoms with Gasteiger partial charge in [-0.3, -0.25) is 9.89 Å². The van der Waals surface area contributed by atoms with E-state index in [2.05, 4.69) is 4.99 Å². The first-order valence-electron chi connectivity index (χ1n) is 4.39. The molecule has 0 saturated heterocycles. The number of carbonyl (C=O) groups is 1. The molecule has 1 aliphatic heterocycles. The molecule has 0 bridgehead atoms. The number of nitrogens with zero attached hydrogens (tertiary/aromatic N) is 2. The molecule has 1 amide bonds. The Bertz CT molecular complexity index is 236. The maximum atomic E-state index is 11.4. The minimum absolute atomic E-state index is 0.0280. The van der Waals surface area contributed by atoms with Crippen molar-refractivity contribution in [1.29, 1.82) is 0 Å². The molecule has 1 aliphatic rings. The largest absolute Gasteiger partial charge is 0.446 e. The van der Waals surface area contributed by atoms with Crippen molar-refractivity contribution in [2.45, 2.75) is 26.4 Å². The predicted molar refractivity (Wildman–Crippen MR) is 50.6 cm³/mol. The molecule has 1 unspecified atom stereocenters. The Hall–Kier alpha value is -1.32. The van der Waals surface area contributed by atoms with Gasteiger partial charge in [-0.15, -0.1) is 0 Å². The number of aliphatic imine (C=N–C) groups is 1. The van der Waals surface area contributed by atoms with Gasteiger partial charge in [-0.2, -0.15) is 0 Å². The Kier molecular flexibility index (Phi) is 3.49. The number of amides is 1. The SMILES string of the molecule is CCC(C)OC(=O)N1C=CN=CC1. The van der Waals surface area contributed by atoms with Gasteiger partial charge in [-0.1, -0.05) is 6.92 Å². The van der Waals surface area contributed by atoms with Crippen molar-refractivity contribution in [2.24, 2.45) is 4.99 Å². The smallest absolute Gasteiger partial charge is 0.414 e. The van der Waals surface area contributed by atoms with E-state index in [1.54, 1.807) is 18.6 Å². The molecule has 1 heterocycles. The number of hydrogen-bond acceptors (Lipinski definition) is 3. The number of hydrogen-bond donors (Lipinski definition) is 0. The number of ether oxygens (including phenoxy) is 1. The van der Waals surface area contributed by atoms with Gasteiger partial charge in [0.05, 0.1) is 6.54 Å². The maximum absolute atomic E-state index is 11.4. The van der Waals surface area contributed by atoms with Gasteiger partial charge in [0.15, 0.2) is 0 Å². The van der Waals surface area contributed by atoms with Crippen molar-refractivity contribution >= 4 is 12.3 Å². The van der Waals surface area contributed by atoms with E-state index < -0.39 is 0 Å². The number of carbonyl (C=O) groups excluding carboxylic acids is 1. The second-order valence-corrected chi connectivity index (χ2v) is 2.88. The van der Waals surface area contributed by atoms with Crippen molar-refractivity contribution in [1.82, 2.24) is 4.90 Å². The third-order valence-corrected chi connectivity index (χ3v) is 1.83. The third kappa shape index (κ3) is 2.89. The lowest BCUT2D eigenvalue weighted by Crippen LogP contribution is -2.31. The van der Waals surface area contributed by atoms with Gasteiger partial charge in [0.1, 0.15) is 6.10 Å². The molecule has 0 N–H and O–H groups in total. The predicted octanol–water partition coefficient (Wildman–Crippen LogP) is 1.78. The van der Waals surface area contributed by atoms with Crippen LogP contribution in [-0.2, 0) is 4.74 Å². The summed E-state index contributed by atoms with van der Waals surface area (Å²) in [5, 5.41) is 0. The minimum atomic E-state index is -0.309. The fraction of sp³-hybridized carbons (Fsp3) is 0.556. The molecule has 0 spiro atoms. The molecular formula is C9H14N2O2. The van der Waals surface area contributed by atoms with Crippen LogP contribution in [0, 0.1) is 0 Å². The zero-order valence-electron chi connectivity index (χ0n) is 7.93. The lowest BCUT2D eigenvalue weighted by atomic mass is 10.3. The summed E-state index contributed by atoms with van der Waals surface area (Å²) in [6.07, 6.45) is 5.35. The van der Waals surface area contributed by atoms with Crippen LogP contribution in [0.2, 0.25) is 0 Å². The topological polar surface area (TPSA) is 41.9 Å². The van der Waals surface area contributed by atoms with Crippen molar-refractivity contribution in [2.75, 3.05) is 6.54 Å². The van der Waals surface area contributed by atoms with Crippen LogP contribution in [-0.4, -0.2) is 29.9 Å². The van der Waals surface area contributed by atoms with Gasteiger partial charge in [0, 0.05) is 18.6 Å². The first kappa shape index (κ1) is 9.77. The zero-order valence-corrected chi connectivity index (χ0v) is 7.93. The summed E-state index contributed by atoms with van der Waals surface area (Å²) in [5.41, 5.74) is 0. The van der Waals surface area contributed by atoms with Gasteiger partial charge >= 0.3 is 6.09 Å². The van der Waals surface area contributed by atoms with Crippen LogP contribution in [0.15, 0.2) is 17.4 Å². The molecular weight excluding hydrogens is 168 g/mol. The van der Waals surface area contributed by atoms with Crippen LogP contribution in [0.4, 0.5) is 4.79 Å². The van der Waals surface area contributed by atoms with Gasteiger partial charge in [0.2, 0.25) is 0 Å². The standard InChI is InChI=1S/C9H14N2O2/c1-3-8(2)13-9(12)11-6-4-10-5-7-11/h4-6,8H,3,7H2,1-2H3. The van der Waals surface area contributed by atoms with Crippen LogP contribution in [0.3, 0.4) is 0 Å². The summed E-state index contributed by atoms with van der Waals surface area (Å²) in [7, 11) is 0. The van der Waals surface area contributed by atoms with Crippen molar-refractivity contribution in [3.05, 3.63) is 12.4 Å². The lowest BCUT2D eigenvalue weighted by Gasteiger charge is -2.19. The van der Waals surface area contributed by atoms with Crippen LogP contribution in [0.25, 0.3) is 0 Å². The van der Waals surface area contributed by atoms with Gasteiger partial charge in [-0.25, -0.2) is 4.79 Å². The van der Waals surface area contributed by atoms with E-state index in [0.717, 1.165) is 6.42 Å². The highest BCUT2D eigenvalue weighted by atomic mass is 16.6. The van der Waals surface area contributed by atoms with Crippen molar-refractivity contribution < 1.29 is 9.53 Å². The molecule has 0 aromatic carbocycles. The maximum Gasteiger partial charge on any atom is 0.414 e. The van der Waals surface area contributed by atoms with E-state index in [0.29, 0.717) is 6.54 Å². The summed E-state index contributed by atoms with van der Waals surface area (Å²) >= 11 is 0. The van der Waals surface area contributed by atoms with Crippen LogP contribution >= 0.6 is 0 Å². The molecule has 4 heteroatoms. The molecule has 1 rings (SSSR count). The van der Waals surface area contributed by atoms with E-state index in [1.807, 2.05) is 13.8 Å². The molecule has 0 aromatic rings. The van der Waals surface area contributed by atoms with E-state index in [1.165, 1.54) is 4.90 Å². The second kappa shape index (κ2) is 4.64. The molecule has 0 radical (unpaired) electrons. The molecule has 0 aromatic heterocycles. The highest BCUT2D eigenvalue weighted by Crippen LogP contribution is 2.03. The Morgan fingerprint density at radius 3 is 3.08 bits per heavy atom. The first-order valence-corrected chi connectivity index (χ1v) is 4.39. The average Bonchev–Trinajstić information content (AvgIpc) is 2.19. The normalized spacial score (nSPS) is 17.2. The Labute approximate surface area is 77.9 Å². The summed E-state index contributed by atoms with van der Waals surface area (Å²) in [4.78, 5) is 16.7. The zero-order chi connectivity index (χ0) is 9.68. The van der Waals surface area contributed by atoms with E-state index in [-0.39, 0.29) is 12.2 Å². The average molecular weight is 182 g/mol. The Morgan fingerprint density at radius 2 is 2.54 bits per heavy atom. The first-order chi connectivity index (χ1) is 6.24. The Morgan fingerprint density at radius 1 is 1.77 bits per heavy atom. The molecule has 0 aliphatic carbocycles. The van der Waals surface area contributed by atoms with E-state index in [4.69, 9.17) is 4.74 Å². The molecule has 72 valence electrons. The fourth-order valence-corrected chi connectivity index (χ4v) is 0.834. The molecule has 13 heavy (non-hydrogen) atoms. The van der Waals surface area contributed by atoms with Gasteiger partial charge in [0.25, 0.3) is 0 Å². The summed E-state index contributed by atoms with van der Waals surface area (Å²) in [6.45, 7) is 4.34. The summed E-state index contributed by atoms with van der Waals surface area (Å²) < 4.78 is 5.11. The quantitative estimate of drug-likeness (QED) is 0.653. The summed E-state index contributed by atoms with van der Waals surface area (Å²) in [6, 6.07) is 0. The van der Waals surface area contributed by atoms with Crippen molar-refractivity contribution in [3.8, 4) is 0 Å². The van der Waals surface area contributed by atoms with Crippen LogP contribution in [0.1, 0.15) is 20.3 Å².